The van der Waals surface area contributed by atoms with Crippen molar-refractivity contribution in [2.75, 3.05) is 7.11 Å². The zero-order valence-electron chi connectivity index (χ0n) is 15.0. The topological polar surface area (TPSA) is 59.9 Å². The fourth-order valence-electron chi connectivity index (χ4n) is 2.43. The van der Waals surface area contributed by atoms with E-state index in [4.69, 9.17) is 9.47 Å². The van der Waals surface area contributed by atoms with Crippen molar-refractivity contribution in [2.24, 2.45) is 5.10 Å². The van der Waals surface area contributed by atoms with E-state index in [9.17, 15) is 4.79 Å². The quantitative estimate of drug-likeness (QED) is 0.299. The third-order valence-corrected chi connectivity index (χ3v) is 3.83. The molecule has 3 aromatic rings. The van der Waals surface area contributed by atoms with Crippen LogP contribution >= 0.6 is 0 Å². The van der Waals surface area contributed by atoms with Crippen molar-refractivity contribution >= 4 is 12.2 Å². The summed E-state index contributed by atoms with van der Waals surface area (Å²) in [5, 5.41) is 4.21. The molecule has 0 aliphatic rings. The summed E-state index contributed by atoms with van der Waals surface area (Å²) in [7, 11) is 1.53. The van der Waals surface area contributed by atoms with Crippen LogP contribution in [0.4, 0.5) is 0 Å². The predicted molar refractivity (Wildman–Crippen MR) is 105 cm³/mol. The van der Waals surface area contributed by atoms with Gasteiger partial charge in [-0.15, -0.1) is 0 Å². The van der Waals surface area contributed by atoms with E-state index in [1.54, 1.807) is 42.6 Å². The van der Waals surface area contributed by atoms with Gasteiger partial charge in [-0.3, -0.25) is 0 Å². The molecular formula is C22H20N2O3. The molecule has 0 aliphatic carbocycles. The Bertz CT molecular complexity index is 909. The molecule has 0 heterocycles. The Kier molecular flexibility index (Phi) is 6.20. The number of ether oxygens (including phenoxy) is 2. The van der Waals surface area contributed by atoms with E-state index in [0.717, 1.165) is 11.1 Å². The van der Waals surface area contributed by atoms with Gasteiger partial charge in [0.15, 0.2) is 11.5 Å². The molecule has 3 aromatic carbocycles. The van der Waals surface area contributed by atoms with E-state index in [1.807, 2.05) is 42.5 Å². The molecule has 0 saturated carbocycles. The lowest BCUT2D eigenvalue weighted by molar-refractivity contribution is 0.0729. The number of nitrogens with one attached hydrogen (secondary N) is 1. The second kappa shape index (κ2) is 9.20. The lowest BCUT2D eigenvalue weighted by Gasteiger charge is -2.10. The summed E-state index contributed by atoms with van der Waals surface area (Å²) in [5.74, 6) is 0.395. The number of rotatable bonds is 7. The first-order chi connectivity index (χ1) is 13.3. The summed E-state index contributed by atoms with van der Waals surface area (Å²) < 4.78 is 10.8. The summed E-state index contributed by atoms with van der Waals surface area (Å²) in [4.78, 5) is 12.2. The smallest absolute Gasteiger partial charge is 0.343 e. The summed E-state index contributed by atoms with van der Waals surface area (Å²) in [6, 6.07) is 24.1. The SMILES string of the molecule is COc1cc(C=NNCc2ccccc2)ccc1OC(=O)c1ccccc1. The number of hydrazone groups is 1. The van der Waals surface area contributed by atoms with Gasteiger partial charge in [-0.2, -0.15) is 5.10 Å². The standard InChI is InChI=1S/C22H20N2O3/c1-26-21-14-18(16-24-23-15-17-8-4-2-5-9-17)12-13-20(21)27-22(25)19-10-6-3-7-11-19/h2-14,16,23H,15H2,1H3. The monoisotopic (exact) mass is 360 g/mol. The van der Waals surface area contributed by atoms with Crippen LogP contribution in [0.3, 0.4) is 0 Å². The van der Waals surface area contributed by atoms with Crippen molar-refractivity contribution in [1.82, 2.24) is 5.43 Å². The Morgan fingerprint density at radius 2 is 1.67 bits per heavy atom. The van der Waals surface area contributed by atoms with Crippen LogP contribution in [-0.4, -0.2) is 19.3 Å². The molecule has 0 unspecified atom stereocenters. The van der Waals surface area contributed by atoms with E-state index >= 15 is 0 Å². The highest BCUT2D eigenvalue weighted by molar-refractivity contribution is 5.91. The first kappa shape index (κ1) is 18.2. The van der Waals surface area contributed by atoms with Gasteiger partial charge in [-0.25, -0.2) is 4.79 Å². The molecule has 0 bridgehead atoms. The van der Waals surface area contributed by atoms with Gasteiger partial charge < -0.3 is 14.9 Å². The Morgan fingerprint density at radius 1 is 0.963 bits per heavy atom. The van der Waals surface area contributed by atoms with Crippen LogP contribution in [0.1, 0.15) is 21.5 Å². The first-order valence-electron chi connectivity index (χ1n) is 8.51. The van der Waals surface area contributed by atoms with Gasteiger partial charge in [0, 0.05) is 0 Å². The van der Waals surface area contributed by atoms with Crippen molar-refractivity contribution in [3.05, 3.63) is 95.6 Å². The summed E-state index contributed by atoms with van der Waals surface area (Å²) in [5.41, 5.74) is 5.46. The number of benzene rings is 3. The Labute approximate surface area is 158 Å². The second-order valence-corrected chi connectivity index (χ2v) is 5.74. The van der Waals surface area contributed by atoms with Crippen molar-refractivity contribution < 1.29 is 14.3 Å². The van der Waals surface area contributed by atoms with E-state index in [1.165, 1.54) is 7.11 Å². The molecular weight excluding hydrogens is 340 g/mol. The van der Waals surface area contributed by atoms with Gasteiger partial charge in [0.2, 0.25) is 0 Å². The van der Waals surface area contributed by atoms with Gasteiger partial charge >= 0.3 is 5.97 Å². The zero-order valence-corrected chi connectivity index (χ0v) is 15.0. The van der Waals surface area contributed by atoms with Crippen LogP contribution in [0.25, 0.3) is 0 Å². The molecule has 0 aliphatic heterocycles. The molecule has 0 spiro atoms. The Hall–Kier alpha value is -3.60. The fourth-order valence-corrected chi connectivity index (χ4v) is 2.43. The van der Waals surface area contributed by atoms with E-state index < -0.39 is 5.97 Å². The Morgan fingerprint density at radius 3 is 2.37 bits per heavy atom. The van der Waals surface area contributed by atoms with Crippen LogP contribution in [0.2, 0.25) is 0 Å². The van der Waals surface area contributed by atoms with Crippen molar-refractivity contribution in [2.45, 2.75) is 6.54 Å². The minimum Gasteiger partial charge on any atom is -0.493 e. The number of hydrogen-bond acceptors (Lipinski definition) is 5. The highest BCUT2D eigenvalue weighted by atomic mass is 16.6. The third-order valence-electron chi connectivity index (χ3n) is 3.83. The minimum absolute atomic E-state index is 0.362. The average molecular weight is 360 g/mol. The molecule has 0 saturated heterocycles. The average Bonchev–Trinajstić information content (AvgIpc) is 2.73. The number of carbonyl (C=O) groups excluding carboxylic acids is 1. The predicted octanol–water partition coefficient (Wildman–Crippen LogP) is 4.04. The third kappa shape index (κ3) is 5.19. The molecule has 0 radical (unpaired) electrons. The summed E-state index contributed by atoms with van der Waals surface area (Å²) in [6.45, 7) is 0.640. The van der Waals surface area contributed by atoms with E-state index in [0.29, 0.717) is 23.6 Å². The number of methoxy groups -OCH3 is 1. The lowest BCUT2D eigenvalue weighted by Crippen LogP contribution is -2.09. The number of esters is 1. The number of carbonyl (C=O) groups is 1. The molecule has 5 heteroatoms. The Balaban J connectivity index is 1.63. The van der Waals surface area contributed by atoms with Gasteiger partial charge in [-0.1, -0.05) is 48.5 Å². The summed E-state index contributed by atoms with van der Waals surface area (Å²) in [6.07, 6.45) is 1.69. The maximum Gasteiger partial charge on any atom is 0.343 e. The molecule has 3 rings (SSSR count). The molecule has 0 aromatic heterocycles. The normalized spacial score (nSPS) is 10.6. The molecule has 0 amide bonds. The van der Waals surface area contributed by atoms with Crippen molar-refractivity contribution in [3.63, 3.8) is 0 Å². The van der Waals surface area contributed by atoms with Gasteiger partial charge in [0.05, 0.1) is 25.4 Å². The summed E-state index contributed by atoms with van der Waals surface area (Å²) >= 11 is 0. The van der Waals surface area contributed by atoms with Crippen molar-refractivity contribution in [3.8, 4) is 11.5 Å². The molecule has 0 fully saturated rings. The van der Waals surface area contributed by atoms with E-state index in [2.05, 4.69) is 10.5 Å². The first-order valence-corrected chi connectivity index (χ1v) is 8.51. The second-order valence-electron chi connectivity index (χ2n) is 5.74. The van der Waals surface area contributed by atoms with Crippen LogP contribution in [-0.2, 0) is 6.54 Å². The molecule has 1 N–H and O–H groups in total. The largest absolute Gasteiger partial charge is 0.493 e. The van der Waals surface area contributed by atoms with Gasteiger partial charge in [0.25, 0.3) is 0 Å². The maximum atomic E-state index is 12.2. The van der Waals surface area contributed by atoms with Crippen LogP contribution in [0, 0.1) is 0 Å². The van der Waals surface area contributed by atoms with Gasteiger partial charge in [-0.05, 0) is 41.5 Å². The highest BCUT2D eigenvalue weighted by Crippen LogP contribution is 2.28. The molecule has 0 atom stereocenters. The minimum atomic E-state index is -0.431. The molecule has 136 valence electrons. The maximum absolute atomic E-state index is 12.2. The molecule has 5 nitrogen and oxygen atoms in total. The number of nitrogens with zero attached hydrogens (tertiary/aromatic N) is 1. The fraction of sp³-hybridized carbons (Fsp3) is 0.0909. The zero-order chi connectivity index (χ0) is 18.9. The van der Waals surface area contributed by atoms with E-state index in [-0.39, 0.29) is 0 Å². The van der Waals surface area contributed by atoms with Crippen LogP contribution < -0.4 is 14.9 Å². The van der Waals surface area contributed by atoms with Gasteiger partial charge in [0.1, 0.15) is 0 Å². The highest BCUT2D eigenvalue weighted by Gasteiger charge is 2.12. The van der Waals surface area contributed by atoms with Crippen LogP contribution in [0.15, 0.2) is 84.0 Å². The lowest BCUT2D eigenvalue weighted by atomic mass is 10.2. The van der Waals surface area contributed by atoms with Crippen molar-refractivity contribution in [1.29, 1.82) is 0 Å². The number of hydrogen-bond donors (Lipinski definition) is 1. The molecule has 27 heavy (non-hydrogen) atoms. The van der Waals surface area contributed by atoms with Crippen LogP contribution in [0.5, 0.6) is 11.5 Å².